The molecule has 0 spiro atoms. The van der Waals surface area contributed by atoms with Gasteiger partial charge in [-0.1, -0.05) is 30.3 Å². The Morgan fingerprint density at radius 3 is 2.16 bits per heavy atom. The number of rotatable bonds is 4. The van der Waals surface area contributed by atoms with E-state index in [2.05, 4.69) is 0 Å². The minimum absolute atomic E-state index is 0.584. The second-order valence-electron chi connectivity index (χ2n) is 5.29. The minimum Gasteiger partial charge on any atom is -0.481 e. The van der Waals surface area contributed by atoms with Crippen LogP contribution in [0.5, 0.6) is 0 Å². The number of hydrogen-bond donors (Lipinski definition) is 2. The van der Waals surface area contributed by atoms with E-state index in [-0.39, 0.29) is 0 Å². The van der Waals surface area contributed by atoms with Gasteiger partial charge < -0.3 is 15.6 Å². The highest BCUT2D eigenvalue weighted by Crippen LogP contribution is 2.23. The Balaban J connectivity index is 2.96. The SMILES string of the molecule is CC(C)(C)OC(=O)[C@H](C(=O)O)C(N)c1ccccc1. The zero-order valence-electron chi connectivity index (χ0n) is 11.3. The summed E-state index contributed by atoms with van der Waals surface area (Å²) in [5.41, 5.74) is 5.71. The molecule has 19 heavy (non-hydrogen) atoms. The topological polar surface area (TPSA) is 89.6 Å². The standard InChI is InChI=1S/C14H19NO4/c1-14(2,3)19-13(18)10(12(16)17)11(15)9-7-5-4-6-8-9/h4-8,10-11H,15H2,1-3H3,(H,16,17)/t10-,11?/m0/s1. The van der Waals surface area contributed by atoms with Crippen LogP contribution in [0.3, 0.4) is 0 Å². The number of esters is 1. The highest BCUT2D eigenvalue weighted by Gasteiger charge is 2.37. The molecule has 5 nitrogen and oxygen atoms in total. The molecule has 3 N–H and O–H groups in total. The van der Waals surface area contributed by atoms with E-state index < -0.39 is 29.5 Å². The first-order valence-corrected chi connectivity index (χ1v) is 5.98. The third-order valence-corrected chi connectivity index (χ3v) is 2.47. The van der Waals surface area contributed by atoms with Gasteiger partial charge in [-0.15, -0.1) is 0 Å². The number of benzene rings is 1. The lowest BCUT2D eigenvalue weighted by molar-refractivity contribution is -0.167. The fourth-order valence-corrected chi connectivity index (χ4v) is 1.63. The van der Waals surface area contributed by atoms with E-state index in [0.29, 0.717) is 5.56 Å². The molecule has 1 rings (SSSR count). The van der Waals surface area contributed by atoms with Crippen LogP contribution in [0.4, 0.5) is 0 Å². The molecule has 0 aliphatic heterocycles. The van der Waals surface area contributed by atoms with Crippen LogP contribution in [0.25, 0.3) is 0 Å². The van der Waals surface area contributed by atoms with Gasteiger partial charge in [-0.2, -0.15) is 0 Å². The van der Waals surface area contributed by atoms with Crippen molar-refractivity contribution in [3.8, 4) is 0 Å². The van der Waals surface area contributed by atoms with Gasteiger partial charge in [0.1, 0.15) is 5.60 Å². The lowest BCUT2D eigenvalue weighted by Gasteiger charge is -2.25. The maximum Gasteiger partial charge on any atom is 0.322 e. The van der Waals surface area contributed by atoms with E-state index in [1.807, 2.05) is 0 Å². The van der Waals surface area contributed by atoms with Crippen molar-refractivity contribution in [2.75, 3.05) is 0 Å². The van der Waals surface area contributed by atoms with Crippen LogP contribution in [0.2, 0.25) is 0 Å². The van der Waals surface area contributed by atoms with Crippen molar-refractivity contribution in [3.05, 3.63) is 35.9 Å². The van der Waals surface area contributed by atoms with Gasteiger partial charge >= 0.3 is 11.9 Å². The molecule has 5 heteroatoms. The molecule has 1 aromatic rings. The van der Waals surface area contributed by atoms with Crippen molar-refractivity contribution in [3.63, 3.8) is 0 Å². The van der Waals surface area contributed by atoms with Crippen LogP contribution in [0.15, 0.2) is 30.3 Å². The largest absolute Gasteiger partial charge is 0.481 e. The molecule has 0 fully saturated rings. The quantitative estimate of drug-likeness (QED) is 0.639. The van der Waals surface area contributed by atoms with Crippen LogP contribution in [-0.2, 0) is 14.3 Å². The number of carbonyl (C=O) groups excluding carboxylic acids is 1. The summed E-state index contributed by atoms with van der Waals surface area (Å²) in [7, 11) is 0. The van der Waals surface area contributed by atoms with Crippen LogP contribution >= 0.6 is 0 Å². The van der Waals surface area contributed by atoms with Gasteiger partial charge in [-0.25, -0.2) is 0 Å². The van der Waals surface area contributed by atoms with Crippen molar-refractivity contribution in [1.29, 1.82) is 0 Å². The van der Waals surface area contributed by atoms with Gasteiger partial charge in [0.05, 0.1) is 6.04 Å². The third-order valence-electron chi connectivity index (χ3n) is 2.47. The molecule has 2 atom stereocenters. The predicted molar refractivity (Wildman–Crippen MR) is 70.3 cm³/mol. The first-order valence-electron chi connectivity index (χ1n) is 5.98. The van der Waals surface area contributed by atoms with Gasteiger partial charge in [0.2, 0.25) is 0 Å². The van der Waals surface area contributed by atoms with Crippen LogP contribution < -0.4 is 5.73 Å². The lowest BCUT2D eigenvalue weighted by Crippen LogP contribution is -2.39. The number of carboxylic acid groups (broad SMARTS) is 1. The number of nitrogens with two attached hydrogens (primary N) is 1. The second-order valence-corrected chi connectivity index (χ2v) is 5.29. The Hall–Kier alpha value is -1.88. The highest BCUT2D eigenvalue weighted by atomic mass is 16.6. The predicted octanol–water partition coefficient (Wildman–Crippen LogP) is 1.73. The van der Waals surface area contributed by atoms with Gasteiger partial charge in [-0.3, -0.25) is 9.59 Å². The summed E-state index contributed by atoms with van der Waals surface area (Å²) in [6, 6.07) is 7.70. The molecule has 0 saturated carbocycles. The fraction of sp³-hybridized carbons (Fsp3) is 0.429. The Morgan fingerprint density at radius 1 is 1.21 bits per heavy atom. The summed E-state index contributed by atoms with van der Waals surface area (Å²) < 4.78 is 5.10. The second kappa shape index (κ2) is 5.84. The zero-order chi connectivity index (χ0) is 14.6. The van der Waals surface area contributed by atoms with E-state index in [0.717, 1.165) is 0 Å². The first kappa shape index (κ1) is 15.2. The molecule has 0 bridgehead atoms. The van der Waals surface area contributed by atoms with Crippen molar-refractivity contribution in [2.24, 2.45) is 11.7 Å². The number of carbonyl (C=O) groups is 2. The maximum atomic E-state index is 11.9. The molecule has 1 unspecified atom stereocenters. The number of aliphatic carboxylic acids is 1. The van der Waals surface area contributed by atoms with Crippen molar-refractivity contribution in [1.82, 2.24) is 0 Å². The van der Waals surface area contributed by atoms with E-state index >= 15 is 0 Å². The smallest absolute Gasteiger partial charge is 0.322 e. The van der Waals surface area contributed by atoms with Crippen molar-refractivity contribution in [2.45, 2.75) is 32.4 Å². The van der Waals surface area contributed by atoms with Gasteiger partial charge in [0.15, 0.2) is 5.92 Å². The van der Waals surface area contributed by atoms with Crippen LogP contribution in [-0.4, -0.2) is 22.6 Å². The lowest BCUT2D eigenvalue weighted by atomic mass is 9.93. The summed E-state index contributed by atoms with van der Waals surface area (Å²) in [4.78, 5) is 23.2. The highest BCUT2D eigenvalue weighted by molar-refractivity contribution is 5.95. The van der Waals surface area contributed by atoms with E-state index in [1.165, 1.54) is 0 Å². The van der Waals surface area contributed by atoms with Gasteiger partial charge in [0, 0.05) is 0 Å². The average Bonchev–Trinajstić information content (AvgIpc) is 2.27. The van der Waals surface area contributed by atoms with Crippen molar-refractivity contribution >= 4 is 11.9 Å². The van der Waals surface area contributed by atoms with E-state index in [1.54, 1.807) is 51.1 Å². The summed E-state index contributed by atoms with van der Waals surface area (Å²) in [5, 5.41) is 9.19. The third kappa shape index (κ3) is 4.37. The van der Waals surface area contributed by atoms with Gasteiger partial charge in [0.25, 0.3) is 0 Å². The summed E-state index contributed by atoms with van der Waals surface area (Å²) in [5.74, 6) is -3.52. The maximum absolute atomic E-state index is 11.9. The Kier molecular flexibility index (Phi) is 4.67. The van der Waals surface area contributed by atoms with Crippen molar-refractivity contribution < 1.29 is 19.4 Å². The Labute approximate surface area is 112 Å². The number of ether oxygens (including phenoxy) is 1. The molecule has 0 aliphatic carbocycles. The number of carboxylic acids is 1. The molecular formula is C14H19NO4. The molecule has 0 amide bonds. The monoisotopic (exact) mass is 265 g/mol. The molecule has 0 saturated heterocycles. The molecule has 0 aromatic heterocycles. The molecule has 104 valence electrons. The molecule has 1 aromatic carbocycles. The Morgan fingerprint density at radius 2 is 1.74 bits per heavy atom. The Bertz CT molecular complexity index is 450. The van der Waals surface area contributed by atoms with E-state index in [4.69, 9.17) is 10.5 Å². The molecular weight excluding hydrogens is 246 g/mol. The number of hydrogen-bond acceptors (Lipinski definition) is 4. The summed E-state index contributed by atoms with van der Waals surface area (Å²) in [6.07, 6.45) is 0. The molecule has 0 aliphatic rings. The van der Waals surface area contributed by atoms with E-state index in [9.17, 15) is 14.7 Å². The normalized spacial score (nSPS) is 14.5. The fourth-order valence-electron chi connectivity index (χ4n) is 1.63. The summed E-state index contributed by atoms with van der Waals surface area (Å²) >= 11 is 0. The summed E-state index contributed by atoms with van der Waals surface area (Å²) in [6.45, 7) is 5.04. The molecule has 0 heterocycles. The average molecular weight is 265 g/mol. The minimum atomic E-state index is -1.42. The van der Waals surface area contributed by atoms with Gasteiger partial charge in [-0.05, 0) is 26.3 Å². The zero-order valence-corrected chi connectivity index (χ0v) is 11.3. The first-order chi connectivity index (χ1) is 8.72. The van der Waals surface area contributed by atoms with Crippen LogP contribution in [0.1, 0.15) is 32.4 Å². The molecule has 0 radical (unpaired) electrons. The van der Waals surface area contributed by atoms with Crippen LogP contribution in [0, 0.1) is 5.92 Å².